The van der Waals surface area contributed by atoms with E-state index >= 15 is 0 Å². The summed E-state index contributed by atoms with van der Waals surface area (Å²) in [5, 5.41) is 5.51. The molecule has 2 aromatic carbocycles. The predicted octanol–water partition coefficient (Wildman–Crippen LogP) is 4.80. The van der Waals surface area contributed by atoms with Crippen LogP contribution in [0.25, 0.3) is 0 Å². The second kappa shape index (κ2) is 10.0. The highest BCUT2D eigenvalue weighted by Crippen LogP contribution is 2.20. The highest BCUT2D eigenvalue weighted by Gasteiger charge is 2.18. The summed E-state index contributed by atoms with van der Waals surface area (Å²) >= 11 is 0. The quantitative estimate of drug-likeness (QED) is 0.674. The van der Waals surface area contributed by atoms with Crippen molar-refractivity contribution in [2.45, 2.75) is 52.5 Å². The summed E-state index contributed by atoms with van der Waals surface area (Å²) in [5.74, 6) is -0.275. The molecule has 0 aliphatic heterocycles. The van der Waals surface area contributed by atoms with Crippen LogP contribution in [0.5, 0.6) is 5.75 Å². The van der Waals surface area contributed by atoms with Crippen LogP contribution in [-0.2, 0) is 11.3 Å². The number of amides is 2. The van der Waals surface area contributed by atoms with Crippen molar-refractivity contribution in [2.24, 2.45) is 0 Å². The van der Waals surface area contributed by atoms with E-state index in [4.69, 9.17) is 4.74 Å². The van der Waals surface area contributed by atoms with Crippen molar-refractivity contribution >= 4 is 12.0 Å². The van der Waals surface area contributed by atoms with Crippen LogP contribution in [0.2, 0.25) is 0 Å². The molecule has 6 nitrogen and oxygen atoms in total. The Morgan fingerprint density at radius 2 is 1.67 bits per heavy atom. The van der Waals surface area contributed by atoms with Gasteiger partial charge in [-0.3, -0.25) is 4.79 Å². The first-order valence-corrected chi connectivity index (χ1v) is 9.45. The van der Waals surface area contributed by atoms with Gasteiger partial charge in [0.1, 0.15) is 11.4 Å². The van der Waals surface area contributed by atoms with Crippen molar-refractivity contribution in [3.8, 4) is 5.75 Å². The number of alkyl halides is 2. The Hall–Kier alpha value is -3.16. The molecule has 0 aliphatic rings. The number of nitrogens with one attached hydrogen (secondary N) is 2. The summed E-state index contributed by atoms with van der Waals surface area (Å²) in [7, 11) is 0. The molecule has 2 amide bonds. The zero-order chi connectivity index (χ0) is 22.3. The van der Waals surface area contributed by atoms with E-state index in [1.807, 2.05) is 0 Å². The van der Waals surface area contributed by atoms with Crippen molar-refractivity contribution < 1.29 is 27.8 Å². The number of hydrogen-bond donors (Lipinski definition) is 2. The second-order valence-electron chi connectivity index (χ2n) is 7.66. The summed E-state index contributed by atoms with van der Waals surface area (Å²) in [6.07, 6.45) is -0.572. The fraction of sp³-hybridized carbons (Fsp3) is 0.364. The Morgan fingerprint density at radius 1 is 1.03 bits per heavy atom. The molecule has 1 atom stereocenters. The fourth-order valence-electron chi connectivity index (χ4n) is 2.67. The third-order valence-corrected chi connectivity index (χ3v) is 4.04. The number of hydrogen-bond acceptors (Lipinski definition) is 4. The average molecular weight is 420 g/mol. The summed E-state index contributed by atoms with van der Waals surface area (Å²) in [4.78, 5) is 24.6. The van der Waals surface area contributed by atoms with Crippen LogP contribution in [0.1, 0.15) is 55.2 Å². The minimum absolute atomic E-state index is 0.0471. The van der Waals surface area contributed by atoms with E-state index in [0.29, 0.717) is 11.1 Å². The molecule has 2 N–H and O–H groups in total. The molecule has 0 saturated heterocycles. The monoisotopic (exact) mass is 420 g/mol. The molecular formula is C22H26F2N2O4. The van der Waals surface area contributed by atoms with Crippen LogP contribution in [0, 0.1) is 0 Å². The minimum atomic E-state index is -2.89. The van der Waals surface area contributed by atoms with Crippen LogP contribution in [-0.4, -0.2) is 24.2 Å². The SMILES string of the molecule is C[C@@H](NC(=O)c1ccccc1CNC(=O)OC(C)(C)C)c1ccc(OC(F)F)cc1. The van der Waals surface area contributed by atoms with Crippen LogP contribution in [0.3, 0.4) is 0 Å². The van der Waals surface area contributed by atoms with Crippen LogP contribution < -0.4 is 15.4 Å². The van der Waals surface area contributed by atoms with E-state index in [0.717, 1.165) is 5.56 Å². The van der Waals surface area contributed by atoms with Gasteiger partial charge < -0.3 is 20.1 Å². The zero-order valence-corrected chi connectivity index (χ0v) is 17.4. The second-order valence-corrected chi connectivity index (χ2v) is 7.66. The number of rotatable bonds is 7. The first kappa shape index (κ1) is 23.1. The van der Waals surface area contributed by atoms with Gasteiger partial charge in [0.2, 0.25) is 0 Å². The molecule has 162 valence electrons. The Bertz CT molecular complexity index is 864. The Morgan fingerprint density at radius 3 is 2.27 bits per heavy atom. The molecule has 2 aromatic rings. The fourth-order valence-corrected chi connectivity index (χ4v) is 2.67. The Labute approximate surface area is 174 Å². The maximum atomic E-state index is 12.8. The summed E-state index contributed by atoms with van der Waals surface area (Å²) in [6, 6.07) is 12.6. The van der Waals surface area contributed by atoms with E-state index < -0.39 is 18.3 Å². The predicted molar refractivity (Wildman–Crippen MR) is 108 cm³/mol. The van der Waals surface area contributed by atoms with Crippen LogP contribution >= 0.6 is 0 Å². The molecule has 0 saturated carbocycles. The molecule has 8 heteroatoms. The maximum absolute atomic E-state index is 12.8. The van der Waals surface area contributed by atoms with Crippen molar-refractivity contribution in [3.05, 3.63) is 65.2 Å². The number of carbonyl (C=O) groups excluding carboxylic acids is 2. The van der Waals surface area contributed by atoms with Gasteiger partial charge in [-0.2, -0.15) is 8.78 Å². The number of ether oxygens (including phenoxy) is 2. The lowest BCUT2D eigenvalue weighted by Crippen LogP contribution is -2.33. The topological polar surface area (TPSA) is 76.7 Å². The van der Waals surface area contributed by atoms with Gasteiger partial charge in [-0.15, -0.1) is 0 Å². The Balaban J connectivity index is 2.02. The summed E-state index contributed by atoms with van der Waals surface area (Å²) in [6.45, 7) is 4.32. The first-order chi connectivity index (χ1) is 14.0. The normalized spacial score (nSPS) is 12.2. The minimum Gasteiger partial charge on any atom is -0.444 e. The van der Waals surface area contributed by atoms with Crippen molar-refractivity contribution in [1.29, 1.82) is 0 Å². The zero-order valence-electron chi connectivity index (χ0n) is 17.4. The molecule has 0 spiro atoms. The van der Waals surface area contributed by atoms with E-state index in [9.17, 15) is 18.4 Å². The number of alkyl carbamates (subject to hydrolysis) is 1. The number of halogens is 2. The Kier molecular flexibility index (Phi) is 7.74. The van der Waals surface area contributed by atoms with Crippen molar-refractivity contribution in [2.75, 3.05) is 0 Å². The van der Waals surface area contributed by atoms with Gasteiger partial charge in [0, 0.05) is 12.1 Å². The van der Waals surface area contributed by atoms with Gasteiger partial charge in [0.25, 0.3) is 5.91 Å². The average Bonchev–Trinajstić information content (AvgIpc) is 2.65. The van der Waals surface area contributed by atoms with Crippen molar-refractivity contribution in [3.63, 3.8) is 0 Å². The van der Waals surface area contributed by atoms with Crippen molar-refractivity contribution in [1.82, 2.24) is 10.6 Å². The molecule has 30 heavy (non-hydrogen) atoms. The van der Waals surface area contributed by atoms with Crippen LogP contribution in [0.4, 0.5) is 13.6 Å². The molecule has 0 aromatic heterocycles. The van der Waals surface area contributed by atoms with E-state index in [2.05, 4.69) is 15.4 Å². The van der Waals surface area contributed by atoms with Gasteiger partial charge in [-0.05, 0) is 57.0 Å². The number of benzene rings is 2. The van der Waals surface area contributed by atoms with Gasteiger partial charge in [-0.1, -0.05) is 30.3 Å². The summed E-state index contributed by atoms with van der Waals surface area (Å²) < 4.78 is 34.0. The lowest BCUT2D eigenvalue weighted by molar-refractivity contribution is -0.0498. The number of carbonyl (C=O) groups is 2. The highest BCUT2D eigenvalue weighted by atomic mass is 19.3. The molecule has 0 aliphatic carbocycles. The molecule has 0 fully saturated rings. The van der Waals surface area contributed by atoms with Gasteiger partial charge in [0.05, 0.1) is 6.04 Å². The highest BCUT2D eigenvalue weighted by molar-refractivity contribution is 5.96. The molecule has 0 bridgehead atoms. The third kappa shape index (κ3) is 7.35. The summed E-state index contributed by atoms with van der Waals surface area (Å²) in [5.41, 5.74) is 1.16. The molecule has 0 radical (unpaired) electrons. The molecule has 0 heterocycles. The first-order valence-electron chi connectivity index (χ1n) is 9.45. The maximum Gasteiger partial charge on any atom is 0.407 e. The van der Waals surface area contributed by atoms with Crippen LogP contribution in [0.15, 0.2) is 48.5 Å². The van der Waals surface area contributed by atoms with E-state index in [1.165, 1.54) is 12.1 Å². The van der Waals surface area contributed by atoms with Gasteiger partial charge in [0.15, 0.2) is 0 Å². The lowest BCUT2D eigenvalue weighted by Gasteiger charge is -2.20. The van der Waals surface area contributed by atoms with Gasteiger partial charge in [-0.25, -0.2) is 4.79 Å². The third-order valence-electron chi connectivity index (χ3n) is 4.04. The molecule has 2 rings (SSSR count). The van der Waals surface area contributed by atoms with Gasteiger partial charge >= 0.3 is 12.7 Å². The smallest absolute Gasteiger partial charge is 0.407 e. The molecule has 0 unspecified atom stereocenters. The lowest BCUT2D eigenvalue weighted by atomic mass is 10.0. The standard InChI is InChI=1S/C22H26F2N2O4/c1-14(15-9-11-17(12-10-15)29-20(23)24)26-19(27)18-8-6-5-7-16(18)13-25-21(28)30-22(2,3)4/h5-12,14,20H,13H2,1-4H3,(H,25,28)(H,26,27)/t14-/m1/s1. The van der Waals surface area contributed by atoms with E-state index in [1.54, 1.807) is 64.1 Å². The largest absolute Gasteiger partial charge is 0.444 e. The van der Waals surface area contributed by atoms with E-state index in [-0.39, 0.29) is 24.2 Å². The molecular weight excluding hydrogens is 394 g/mol.